The molecule has 0 amide bonds. The Bertz CT molecular complexity index is 625. The van der Waals surface area contributed by atoms with Crippen LogP contribution in [0.2, 0.25) is 0 Å². The number of aliphatic hydroxyl groups is 1. The topological polar surface area (TPSA) is 23.5 Å². The third kappa shape index (κ3) is 3.71. The molecule has 0 aromatic heterocycles. The van der Waals surface area contributed by atoms with Crippen molar-refractivity contribution in [2.45, 2.75) is 38.2 Å². The van der Waals surface area contributed by atoms with Gasteiger partial charge in [0, 0.05) is 13.1 Å². The van der Waals surface area contributed by atoms with Crippen LogP contribution in [0, 0.1) is 5.92 Å². The smallest absolute Gasteiger partial charge is 0.0802 e. The van der Waals surface area contributed by atoms with Gasteiger partial charge < -0.3 is 10.0 Å². The molecule has 1 aliphatic heterocycles. The van der Waals surface area contributed by atoms with E-state index < -0.39 is 0 Å². The van der Waals surface area contributed by atoms with Crippen LogP contribution >= 0.6 is 0 Å². The lowest BCUT2D eigenvalue weighted by molar-refractivity contribution is 0.0869. The highest BCUT2D eigenvalue weighted by molar-refractivity contribution is 5.26. The molecule has 0 bridgehead atoms. The van der Waals surface area contributed by atoms with E-state index in [1.54, 1.807) is 0 Å². The quantitative estimate of drug-likeness (QED) is 0.881. The number of aliphatic hydroxyl groups excluding tert-OH is 1. The first kappa shape index (κ1) is 17.2. The fraction of sp³-hybridized carbons (Fsp3) is 0.455. The minimum atomic E-state index is -0.357. The van der Waals surface area contributed by atoms with E-state index in [1.165, 1.54) is 12.0 Å². The predicted molar refractivity (Wildman–Crippen MR) is 100 cm³/mol. The predicted octanol–water partition coefficient (Wildman–Crippen LogP) is 4.41. The number of nitrogens with zero attached hydrogens (tertiary/aromatic N) is 1. The van der Waals surface area contributed by atoms with E-state index in [1.807, 2.05) is 30.3 Å². The van der Waals surface area contributed by atoms with Crippen molar-refractivity contribution in [3.63, 3.8) is 0 Å². The number of benzene rings is 2. The van der Waals surface area contributed by atoms with Crippen molar-refractivity contribution in [1.82, 2.24) is 4.90 Å². The number of hydrogen-bond acceptors (Lipinski definition) is 2. The summed E-state index contributed by atoms with van der Waals surface area (Å²) in [4.78, 5) is 2.52. The molecule has 2 heteroatoms. The Morgan fingerprint density at radius 1 is 1.08 bits per heavy atom. The van der Waals surface area contributed by atoms with Gasteiger partial charge in [0.25, 0.3) is 0 Å². The number of rotatable bonds is 5. The molecule has 2 aromatic carbocycles. The van der Waals surface area contributed by atoms with Gasteiger partial charge in [-0.2, -0.15) is 0 Å². The van der Waals surface area contributed by atoms with Crippen molar-refractivity contribution in [3.8, 4) is 0 Å². The number of hydrogen-bond donors (Lipinski definition) is 1. The summed E-state index contributed by atoms with van der Waals surface area (Å²) < 4.78 is 0. The zero-order valence-electron chi connectivity index (χ0n) is 14.9. The van der Waals surface area contributed by atoms with Crippen LogP contribution in [-0.2, 0) is 5.41 Å². The van der Waals surface area contributed by atoms with Gasteiger partial charge in [0.1, 0.15) is 0 Å². The summed E-state index contributed by atoms with van der Waals surface area (Å²) in [6, 6.07) is 20.9. The number of piperidine rings is 1. The molecule has 24 heavy (non-hydrogen) atoms. The molecule has 0 saturated carbocycles. The molecule has 1 heterocycles. The number of likely N-dealkylation sites (tertiary alicyclic amines) is 1. The first-order valence-electron chi connectivity index (χ1n) is 9.10. The molecule has 2 nitrogen and oxygen atoms in total. The average Bonchev–Trinajstić information content (AvgIpc) is 2.64. The van der Waals surface area contributed by atoms with Crippen LogP contribution in [0.1, 0.15) is 43.9 Å². The van der Waals surface area contributed by atoms with Crippen LogP contribution in [0.5, 0.6) is 0 Å². The molecule has 0 radical (unpaired) electrons. The van der Waals surface area contributed by atoms with Crippen molar-refractivity contribution in [3.05, 3.63) is 71.8 Å². The van der Waals surface area contributed by atoms with Crippen LogP contribution in [-0.4, -0.2) is 29.6 Å². The Kier molecular flexibility index (Phi) is 5.37. The Hall–Kier alpha value is -1.64. The van der Waals surface area contributed by atoms with Crippen molar-refractivity contribution >= 4 is 0 Å². The summed E-state index contributed by atoms with van der Waals surface area (Å²) in [6.07, 6.45) is 1.63. The third-order valence-corrected chi connectivity index (χ3v) is 5.90. The summed E-state index contributed by atoms with van der Waals surface area (Å²) in [5.41, 5.74) is 2.74. The van der Waals surface area contributed by atoms with Gasteiger partial charge in [-0.1, -0.05) is 74.5 Å². The second-order valence-corrected chi connectivity index (χ2v) is 7.45. The first-order valence-corrected chi connectivity index (χ1v) is 9.10. The maximum Gasteiger partial charge on any atom is 0.0802 e. The molecule has 3 atom stereocenters. The van der Waals surface area contributed by atoms with Gasteiger partial charge in [0.15, 0.2) is 0 Å². The lowest BCUT2D eigenvalue weighted by Gasteiger charge is -2.45. The van der Waals surface area contributed by atoms with E-state index in [4.69, 9.17) is 0 Å². The van der Waals surface area contributed by atoms with E-state index >= 15 is 0 Å². The SMILES string of the molecule is CC1CN(CCC(O)c2ccccc2)CCC1(C)c1ccccc1. The van der Waals surface area contributed by atoms with E-state index in [0.29, 0.717) is 5.92 Å². The van der Waals surface area contributed by atoms with Crippen LogP contribution in [0.25, 0.3) is 0 Å². The van der Waals surface area contributed by atoms with E-state index in [9.17, 15) is 5.11 Å². The molecular formula is C22H29NO. The van der Waals surface area contributed by atoms with Gasteiger partial charge in [-0.05, 0) is 41.8 Å². The van der Waals surface area contributed by atoms with Gasteiger partial charge in [-0.3, -0.25) is 0 Å². The normalized spacial score (nSPS) is 26.2. The van der Waals surface area contributed by atoms with Gasteiger partial charge in [0.05, 0.1) is 6.10 Å². The summed E-state index contributed by atoms with van der Waals surface area (Å²) in [7, 11) is 0. The first-order chi connectivity index (χ1) is 11.6. The fourth-order valence-electron chi connectivity index (χ4n) is 3.91. The third-order valence-electron chi connectivity index (χ3n) is 5.90. The van der Waals surface area contributed by atoms with Crippen LogP contribution in [0.15, 0.2) is 60.7 Å². The molecule has 3 unspecified atom stereocenters. The standard InChI is InChI=1S/C22H29NO/c1-18-17-23(15-13-21(24)19-9-5-3-6-10-19)16-14-22(18,2)20-11-7-4-8-12-20/h3-12,18,21,24H,13-17H2,1-2H3. The van der Waals surface area contributed by atoms with Crippen LogP contribution < -0.4 is 0 Å². The molecule has 0 spiro atoms. The Labute approximate surface area is 146 Å². The highest BCUT2D eigenvalue weighted by atomic mass is 16.3. The van der Waals surface area contributed by atoms with E-state index in [0.717, 1.165) is 31.6 Å². The zero-order valence-corrected chi connectivity index (χ0v) is 14.9. The monoisotopic (exact) mass is 323 g/mol. The zero-order chi connectivity index (χ0) is 17.0. The second kappa shape index (κ2) is 7.50. The lowest BCUT2D eigenvalue weighted by atomic mass is 9.68. The summed E-state index contributed by atoms with van der Waals surface area (Å²) in [5.74, 6) is 0.613. The lowest BCUT2D eigenvalue weighted by Crippen LogP contribution is -2.47. The molecule has 1 fully saturated rings. The molecular weight excluding hydrogens is 294 g/mol. The van der Waals surface area contributed by atoms with Gasteiger partial charge >= 0.3 is 0 Å². The second-order valence-electron chi connectivity index (χ2n) is 7.45. The van der Waals surface area contributed by atoms with Crippen LogP contribution in [0.3, 0.4) is 0 Å². The van der Waals surface area contributed by atoms with Crippen molar-refractivity contribution in [2.75, 3.05) is 19.6 Å². The summed E-state index contributed by atoms with van der Waals surface area (Å²) in [5, 5.41) is 10.4. The minimum Gasteiger partial charge on any atom is -0.388 e. The Balaban J connectivity index is 1.56. The molecule has 2 aromatic rings. The van der Waals surface area contributed by atoms with Gasteiger partial charge in [-0.15, -0.1) is 0 Å². The highest BCUT2D eigenvalue weighted by Crippen LogP contribution is 2.39. The molecule has 3 rings (SSSR count). The molecule has 0 aliphatic carbocycles. The largest absolute Gasteiger partial charge is 0.388 e. The Morgan fingerprint density at radius 2 is 1.71 bits per heavy atom. The Morgan fingerprint density at radius 3 is 2.33 bits per heavy atom. The fourth-order valence-corrected chi connectivity index (χ4v) is 3.91. The molecule has 128 valence electrons. The molecule has 1 saturated heterocycles. The van der Waals surface area contributed by atoms with E-state index in [-0.39, 0.29) is 11.5 Å². The van der Waals surface area contributed by atoms with Gasteiger partial charge in [0.2, 0.25) is 0 Å². The van der Waals surface area contributed by atoms with Gasteiger partial charge in [-0.25, -0.2) is 0 Å². The summed E-state index contributed by atoms with van der Waals surface area (Å²) in [6.45, 7) is 7.95. The van der Waals surface area contributed by atoms with Crippen molar-refractivity contribution < 1.29 is 5.11 Å². The molecule has 1 aliphatic rings. The maximum atomic E-state index is 10.4. The average molecular weight is 323 g/mol. The minimum absolute atomic E-state index is 0.260. The highest BCUT2D eigenvalue weighted by Gasteiger charge is 2.37. The maximum absolute atomic E-state index is 10.4. The van der Waals surface area contributed by atoms with Crippen LogP contribution in [0.4, 0.5) is 0 Å². The van der Waals surface area contributed by atoms with Crippen molar-refractivity contribution in [1.29, 1.82) is 0 Å². The van der Waals surface area contributed by atoms with E-state index in [2.05, 4.69) is 49.1 Å². The van der Waals surface area contributed by atoms with Crippen molar-refractivity contribution in [2.24, 2.45) is 5.92 Å². The summed E-state index contributed by atoms with van der Waals surface area (Å²) >= 11 is 0. The molecule has 1 N–H and O–H groups in total.